The van der Waals surface area contributed by atoms with E-state index in [1.165, 1.54) is 6.07 Å². The number of carbonyl (C=O) groups excluding carboxylic acids is 2. The van der Waals surface area contributed by atoms with Crippen molar-refractivity contribution in [2.45, 2.75) is 40.5 Å². The predicted molar refractivity (Wildman–Crippen MR) is 97.7 cm³/mol. The van der Waals surface area contributed by atoms with E-state index in [-0.39, 0.29) is 11.1 Å². The van der Waals surface area contributed by atoms with Crippen molar-refractivity contribution in [3.63, 3.8) is 0 Å². The molecule has 0 unspecified atom stereocenters. The fourth-order valence-electron chi connectivity index (χ4n) is 2.86. The smallest absolute Gasteiger partial charge is 0.370 e. The van der Waals surface area contributed by atoms with Crippen molar-refractivity contribution in [3.05, 3.63) is 28.8 Å². The van der Waals surface area contributed by atoms with E-state index < -0.39 is 20.6 Å². The Bertz CT molecular complexity index is 604. The van der Waals surface area contributed by atoms with Crippen molar-refractivity contribution in [3.8, 4) is 0 Å². The molecule has 0 aliphatic heterocycles. The molecule has 0 aliphatic carbocycles. The molecule has 0 aliphatic rings. The second kappa shape index (κ2) is 9.67. The first kappa shape index (κ1) is 21.3. The van der Waals surface area contributed by atoms with E-state index in [9.17, 15) is 9.59 Å². The normalized spacial score (nSPS) is 11.5. The van der Waals surface area contributed by atoms with Crippen LogP contribution in [0.25, 0.3) is 0 Å². The average molecular weight is 369 g/mol. The highest BCUT2D eigenvalue weighted by atomic mass is 28.4. The maximum absolute atomic E-state index is 12.1. The van der Waals surface area contributed by atoms with Crippen LogP contribution in [-0.4, -0.2) is 40.4 Å². The third-order valence-corrected chi connectivity index (χ3v) is 6.79. The number of rotatable bonds is 11. The first-order valence-electron chi connectivity index (χ1n) is 8.56. The summed E-state index contributed by atoms with van der Waals surface area (Å²) in [7, 11) is -3.25. The summed E-state index contributed by atoms with van der Waals surface area (Å²) < 4.78 is 17.8. The standard InChI is InChI=1S/C17H28N2O5Si/c1-5-9-12-14(25(22-6-2,23-7-3)24-8-4)11-10-13(16(18)20)15(12)17(19)21/h10-11H,5-9H2,1-4H3,(H2,18,20)(H2,19,21). The van der Waals surface area contributed by atoms with Gasteiger partial charge >= 0.3 is 8.80 Å². The Hall–Kier alpha value is -1.74. The van der Waals surface area contributed by atoms with Gasteiger partial charge in [-0.05, 0) is 38.8 Å². The molecule has 0 saturated carbocycles. The number of benzene rings is 1. The summed E-state index contributed by atoms with van der Waals surface area (Å²) in [6, 6.07) is 3.21. The molecule has 0 heterocycles. The Balaban J connectivity index is 3.78. The van der Waals surface area contributed by atoms with E-state index >= 15 is 0 Å². The van der Waals surface area contributed by atoms with Crippen LogP contribution in [0.1, 0.15) is 60.4 Å². The lowest BCUT2D eigenvalue weighted by Crippen LogP contribution is -2.58. The lowest BCUT2D eigenvalue weighted by Gasteiger charge is -2.31. The summed E-state index contributed by atoms with van der Waals surface area (Å²) >= 11 is 0. The molecule has 0 spiro atoms. The third-order valence-electron chi connectivity index (χ3n) is 3.66. The van der Waals surface area contributed by atoms with Gasteiger partial charge in [-0.25, -0.2) is 0 Å². The van der Waals surface area contributed by atoms with Crippen LogP contribution >= 0.6 is 0 Å². The Kier molecular flexibility index (Phi) is 8.23. The van der Waals surface area contributed by atoms with Gasteiger partial charge in [0.2, 0.25) is 11.8 Å². The maximum atomic E-state index is 12.1. The summed E-state index contributed by atoms with van der Waals surface area (Å²) in [5.74, 6) is -1.40. The first-order valence-corrected chi connectivity index (χ1v) is 10.3. The third kappa shape index (κ3) is 4.66. The van der Waals surface area contributed by atoms with E-state index in [0.717, 1.165) is 6.42 Å². The molecule has 1 rings (SSSR count). The number of hydrogen-bond acceptors (Lipinski definition) is 5. The van der Waals surface area contributed by atoms with Gasteiger partial charge in [-0.15, -0.1) is 0 Å². The maximum Gasteiger partial charge on any atom is 0.537 e. The van der Waals surface area contributed by atoms with Gasteiger partial charge in [-0.2, -0.15) is 0 Å². The van der Waals surface area contributed by atoms with E-state index in [4.69, 9.17) is 24.7 Å². The van der Waals surface area contributed by atoms with Gasteiger partial charge < -0.3 is 24.7 Å². The molecular formula is C17H28N2O5Si. The number of carbonyl (C=O) groups is 2. The molecular weight excluding hydrogens is 340 g/mol. The van der Waals surface area contributed by atoms with Crippen molar-refractivity contribution in [2.75, 3.05) is 19.8 Å². The van der Waals surface area contributed by atoms with Crippen LogP contribution in [0.15, 0.2) is 12.1 Å². The highest BCUT2D eigenvalue weighted by molar-refractivity contribution is 6.76. The molecule has 0 fully saturated rings. The van der Waals surface area contributed by atoms with Gasteiger partial charge in [0.15, 0.2) is 0 Å². The molecule has 25 heavy (non-hydrogen) atoms. The molecule has 0 saturated heterocycles. The molecule has 7 nitrogen and oxygen atoms in total. The second-order valence-electron chi connectivity index (χ2n) is 5.35. The molecule has 0 atom stereocenters. The quantitative estimate of drug-likeness (QED) is 0.568. The number of primary amides is 2. The van der Waals surface area contributed by atoms with Gasteiger partial charge in [0.25, 0.3) is 0 Å². The predicted octanol–water partition coefficient (Wildman–Crippen LogP) is 1.09. The molecule has 0 aromatic heterocycles. The molecule has 1 aromatic carbocycles. The molecule has 0 radical (unpaired) electrons. The van der Waals surface area contributed by atoms with Crippen LogP contribution in [-0.2, 0) is 19.7 Å². The van der Waals surface area contributed by atoms with Crippen molar-refractivity contribution in [1.29, 1.82) is 0 Å². The van der Waals surface area contributed by atoms with Gasteiger partial charge in [-0.3, -0.25) is 9.59 Å². The zero-order valence-electron chi connectivity index (χ0n) is 15.4. The van der Waals surface area contributed by atoms with Crippen molar-refractivity contribution >= 4 is 25.8 Å². The minimum Gasteiger partial charge on any atom is -0.370 e. The summed E-state index contributed by atoms with van der Waals surface area (Å²) in [6.07, 6.45) is 1.26. The monoisotopic (exact) mass is 368 g/mol. The van der Waals surface area contributed by atoms with Crippen LogP contribution in [0.4, 0.5) is 0 Å². The zero-order valence-corrected chi connectivity index (χ0v) is 16.4. The second-order valence-corrected chi connectivity index (χ2v) is 7.87. The average Bonchev–Trinajstić information content (AvgIpc) is 2.54. The van der Waals surface area contributed by atoms with E-state index in [1.54, 1.807) is 6.07 Å². The molecule has 4 N–H and O–H groups in total. The summed E-state index contributed by atoms with van der Waals surface area (Å²) in [5.41, 5.74) is 11.8. The van der Waals surface area contributed by atoms with E-state index in [1.807, 2.05) is 27.7 Å². The number of amides is 2. The Labute approximate surface area is 150 Å². The minimum atomic E-state index is -3.25. The molecule has 2 amide bonds. The molecule has 1 aromatic rings. The van der Waals surface area contributed by atoms with Crippen molar-refractivity contribution in [2.24, 2.45) is 11.5 Å². The summed E-state index contributed by atoms with van der Waals surface area (Å²) in [5, 5.41) is 0.665. The summed E-state index contributed by atoms with van der Waals surface area (Å²) in [4.78, 5) is 23.8. The molecule has 8 heteroatoms. The molecule has 140 valence electrons. The van der Waals surface area contributed by atoms with E-state index in [2.05, 4.69) is 0 Å². The zero-order chi connectivity index (χ0) is 19.0. The summed E-state index contributed by atoms with van der Waals surface area (Å²) in [6.45, 7) is 8.70. The van der Waals surface area contributed by atoms with Crippen molar-refractivity contribution < 1.29 is 22.9 Å². The number of nitrogens with two attached hydrogens (primary N) is 2. The van der Waals surface area contributed by atoms with Gasteiger partial charge in [0, 0.05) is 25.0 Å². The topological polar surface area (TPSA) is 114 Å². The lowest BCUT2D eigenvalue weighted by atomic mass is 9.96. The Morgan fingerprint density at radius 3 is 1.80 bits per heavy atom. The van der Waals surface area contributed by atoms with Crippen LogP contribution in [0.3, 0.4) is 0 Å². The molecule has 0 bridgehead atoms. The van der Waals surface area contributed by atoms with Crippen LogP contribution in [0, 0.1) is 0 Å². The van der Waals surface area contributed by atoms with Crippen LogP contribution < -0.4 is 16.7 Å². The highest BCUT2D eigenvalue weighted by Crippen LogP contribution is 2.21. The Morgan fingerprint density at radius 1 is 0.920 bits per heavy atom. The fourth-order valence-corrected chi connectivity index (χ4v) is 5.62. The minimum absolute atomic E-state index is 0.104. The van der Waals surface area contributed by atoms with Crippen LogP contribution in [0.2, 0.25) is 0 Å². The van der Waals surface area contributed by atoms with Crippen LogP contribution in [0.5, 0.6) is 0 Å². The van der Waals surface area contributed by atoms with E-state index in [0.29, 0.717) is 37.0 Å². The van der Waals surface area contributed by atoms with Crippen molar-refractivity contribution in [1.82, 2.24) is 0 Å². The largest absolute Gasteiger partial charge is 0.537 e. The van der Waals surface area contributed by atoms with Gasteiger partial charge in [0.05, 0.1) is 11.1 Å². The van der Waals surface area contributed by atoms with Gasteiger partial charge in [-0.1, -0.05) is 19.4 Å². The number of hydrogen-bond donors (Lipinski definition) is 2. The first-order chi connectivity index (χ1) is 11.9. The highest BCUT2D eigenvalue weighted by Gasteiger charge is 2.46. The van der Waals surface area contributed by atoms with Gasteiger partial charge in [0.1, 0.15) is 0 Å². The Morgan fingerprint density at radius 2 is 1.44 bits per heavy atom. The fraction of sp³-hybridized carbons (Fsp3) is 0.529. The lowest BCUT2D eigenvalue weighted by molar-refractivity contribution is 0.0856. The SMILES string of the molecule is CCCc1c([Si](OCC)(OCC)OCC)ccc(C(N)=O)c1C(N)=O.